The van der Waals surface area contributed by atoms with E-state index in [1.807, 2.05) is 4.68 Å². The highest BCUT2D eigenvalue weighted by Crippen LogP contribution is 2.64. The average Bonchev–Trinajstić information content (AvgIpc) is 3.53. The number of anilines is 1. The summed E-state index contributed by atoms with van der Waals surface area (Å²) in [5.41, 5.74) is 0.0797. The molecule has 3 aromatic rings. The predicted octanol–water partition coefficient (Wildman–Crippen LogP) is 3.23. The van der Waals surface area contributed by atoms with Crippen molar-refractivity contribution >= 4 is 33.4 Å². The van der Waals surface area contributed by atoms with E-state index in [2.05, 4.69) is 41.7 Å². The second kappa shape index (κ2) is 7.79. The molecule has 3 heterocycles. The highest BCUT2D eigenvalue weighted by molar-refractivity contribution is 9.10. The molecular weight excluding hydrogens is 502 g/mol. The number of hydrogen-bond donors (Lipinski definition) is 2. The van der Waals surface area contributed by atoms with E-state index in [1.165, 1.54) is 11.1 Å². The van der Waals surface area contributed by atoms with Gasteiger partial charge in [-0.2, -0.15) is 5.10 Å². The largest absolute Gasteiger partial charge is 0.467 e. The van der Waals surface area contributed by atoms with Crippen molar-refractivity contribution in [1.29, 1.82) is 0 Å². The van der Waals surface area contributed by atoms with Crippen molar-refractivity contribution in [3.63, 3.8) is 0 Å². The first kappa shape index (κ1) is 21.6. The summed E-state index contributed by atoms with van der Waals surface area (Å²) in [6.45, 7) is 0.258. The van der Waals surface area contributed by atoms with Gasteiger partial charge in [-0.3, -0.25) is 14.3 Å². The number of nitrogens with one attached hydrogen (secondary N) is 2. The van der Waals surface area contributed by atoms with Crippen LogP contribution in [0, 0.1) is 17.3 Å². The van der Waals surface area contributed by atoms with Gasteiger partial charge in [0.1, 0.15) is 17.8 Å². The van der Waals surface area contributed by atoms with E-state index in [9.17, 15) is 9.59 Å². The maximum absolute atomic E-state index is 13.8. The van der Waals surface area contributed by atoms with Crippen LogP contribution in [0.1, 0.15) is 54.8 Å². The molecule has 34 heavy (non-hydrogen) atoms. The third kappa shape index (κ3) is 3.48. The van der Waals surface area contributed by atoms with Crippen molar-refractivity contribution in [1.82, 2.24) is 29.9 Å². The summed E-state index contributed by atoms with van der Waals surface area (Å²) in [7, 11) is 1.69. The Morgan fingerprint density at radius 1 is 1.26 bits per heavy atom. The van der Waals surface area contributed by atoms with Crippen LogP contribution in [0.15, 0.2) is 40.1 Å². The van der Waals surface area contributed by atoms with Crippen LogP contribution in [0.5, 0.6) is 0 Å². The molecule has 4 fully saturated rings. The number of furan rings is 1. The van der Waals surface area contributed by atoms with Crippen LogP contribution in [-0.4, -0.2) is 36.4 Å². The standard InChI is InChI=1S/C23H26BrN7O3/c1-30-18(19(32)25-10-16-3-2-4-34-16)17(11-27-30)28-20(33)22-6-14-5-15(7-22)9-23(8-14,12-22)31-13-26-21(24)29-31/h2-4,11,13-15H,5-10,12H2,1H3,(H,25,32)(H,28,33). The van der Waals surface area contributed by atoms with Crippen LogP contribution in [0.25, 0.3) is 0 Å². The fourth-order valence-corrected chi connectivity index (χ4v) is 7.20. The molecule has 0 radical (unpaired) electrons. The number of aromatic nitrogens is 5. The normalized spacial score (nSPS) is 29.4. The van der Waals surface area contributed by atoms with Crippen LogP contribution in [-0.2, 0) is 23.9 Å². The molecule has 4 aliphatic rings. The maximum Gasteiger partial charge on any atom is 0.272 e. The number of aryl methyl sites for hydroxylation is 1. The minimum Gasteiger partial charge on any atom is -0.467 e. The number of rotatable bonds is 6. The molecule has 0 spiro atoms. The first-order chi connectivity index (χ1) is 16.4. The van der Waals surface area contributed by atoms with Gasteiger partial charge in [-0.1, -0.05) is 0 Å². The van der Waals surface area contributed by atoms with Crippen molar-refractivity contribution in [2.45, 2.75) is 50.6 Å². The minimum atomic E-state index is -0.486. The second-order valence-corrected chi connectivity index (χ2v) is 10.9. The lowest BCUT2D eigenvalue weighted by atomic mass is 9.46. The second-order valence-electron chi connectivity index (χ2n) is 10.2. The van der Waals surface area contributed by atoms with Crippen molar-refractivity contribution < 1.29 is 14.0 Å². The van der Waals surface area contributed by atoms with Crippen LogP contribution in [0.3, 0.4) is 0 Å². The van der Waals surface area contributed by atoms with E-state index in [0.29, 0.717) is 33.7 Å². The van der Waals surface area contributed by atoms with E-state index in [1.54, 1.807) is 38.0 Å². The Kier molecular flexibility index (Phi) is 4.94. The summed E-state index contributed by atoms with van der Waals surface area (Å²) in [6.07, 6.45) is 10.6. The lowest BCUT2D eigenvalue weighted by Crippen LogP contribution is -2.60. The number of amides is 2. The van der Waals surface area contributed by atoms with Gasteiger partial charge in [-0.25, -0.2) is 9.67 Å². The van der Waals surface area contributed by atoms with Gasteiger partial charge in [0.25, 0.3) is 5.91 Å². The molecule has 178 valence electrons. The van der Waals surface area contributed by atoms with Crippen LogP contribution >= 0.6 is 15.9 Å². The number of halogens is 1. The van der Waals surface area contributed by atoms with Gasteiger partial charge >= 0.3 is 0 Å². The summed E-state index contributed by atoms with van der Waals surface area (Å²) in [4.78, 5) is 31.0. The topological polar surface area (TPSA) is 120 Å². The van der Waals surface area contributed by atoms with Crippen molar-refractivity contribution in [2.24, 2.45) is 24.3 Å². The molecule has 0 aromatic carbocycles. The fraction of sp³-hybridized carbons (Fsp3) is 0.522. The van der Waals surface area contributed by atoms with Crippen molar-refractivity contribution in [3.05, 3.63) is 47.1 Å². The van der Waals surface area contributed by atoms with Gasteiger partial charge in [0.2, 0.25) is 10.6 Å². The Bertz CT molecular complexity index is 1230. The first-order valence-electron chi connectivity index (χ1n) is 11.6. The van der Waals surface area contributed by atoms with Gasteiger partial charge in [-0.15, -0.1) is 5.10 Å². The Morgan fingerprint density at radius 3 is 2.74 bits per heavy atom. The number of carbonyl (C=O) groups is 2. The predicted molar refractivity (Wildman–Crippen MR) is 125 cm³/mol. The summed E-state index contributed by atoms with van der Waals surface area (Å²) in [5.74, 6) is 1.28. The summed E-state index contributed by atoms with van der Waals surface area (Å²) >= 11 is 3.37. The molecule has 2 unspecified atom stereocenters. The van der Waals surface area contributed by atoms with Crippen molar-refractivity contribution in [3.8, 4) is 0 Å². The Morgan fingerprint density at radius 2 is 2.06 bits per heavy atom. The summed E-state index contributed by atoms with van der Waals surface area (Å²) < 4.78 is 9.33. The highest BCUT2D eigenvalue weighted by atomic mass is 79.9. The number of hydrogen-bond acceptors (Lipinski definition) is 6. The monoisotopic (exact) mass is 527 g/mol. The quantitative estimate of drug-likeness (QED) is 0.507. The first-order valence-corrected chi connectivity index (χ1v) is 12.4. The smallest absolute Gasteiger partial charge is 0.272 e. The van der Waals surface area contributed by atoms with Crippen molar-refractivity contribution in [2.75, 3.05) is 5.32 Å². The van der Waals surface area contributed by atoms with Crippen LogP contribution < -0.4 is 10.6 Å². The van der Waals surface area contributed by atoms with Gasteiger partial charge < -0.3 is 15.1 Å². The lowest BCUT2D eigenvalue weighted by Gasteiger charge is -2.60. The SMILES string of the molecule is Cn1ncc(NC(=O)C23CC4CC(C2)CC(n2cnc(Br)n2)(C4)C3)c1C(=O)NCc1ccco1. The van der Waals surface area contributed by atoms with Gasteiger partial charge in [0, 0.05) is 7.05 Å². The minimum absolute atomic E-state index is 0.0294. The lowest BCUT2D eigenvalue weighted by molar-refractivity contribution is -0.150. The molecule has 3 aromatic heterocycles. The van der Waals surface area contributed by atoms with Crippen LogP contribution in [0.4, 0.5) is 5.69 Å². The molecule has 2 amide bonds. The molecule has 10 nitrogen and oxygen atoms in total. The van der Waals surface area contributed by atoms with Gasteiger partial charge in [-0.05, 0) is 78.4 Å². The van der Waals surface area contributed by atoms with E-state index >= 15 is 0 Å². The third-order valence-electron chi connectivity index (χ3n) is 7.87. The molecule has 4 bridgehead atoms. The number of carbonyl (C=O) groups excluding carboxylic acids is 2. The zero-order valence-electron chi connectivity index (χ0n) is 18.8. The molecule has 2 atom stereocenters. The highest BCUT2D eigenvalue weighted by Gasteiger charge is 2.61. The Balaban J connectivity index is 1.24. The van der Waals surface area contributed by atoms with E-state index < -0.39 is 5.41 Å². The molecule has 0 aliphatic heterocycles. The van der Waals surface area contributed by atoms with E-state index in [-0.39, 0.29) is 23.9 Å². The maximum atomic E-state index is 13.8. The fourth-order valence-electron chi connectivity index (χ4n) is 6.94. The Hall–Kier alpha value is -2.95. The van der Waals surface area contributed by atoms with Crippen LogP contribution in [0.2, 0.25) is 0 Å². The third-order valence-corrected chi connectivity index (χ3v) is 8.23. The van der Waals surface area contributed by atoms with Gasteiger partial charge in [0.15, 0.2) is 0 Å². The van der Waals surface area contributed by atoms with Gasteiger partial charge in [0.05, 0.1) is 35.6 Å². The van der Waals surface area contributed by atoms with E-state index in [0.717, 1.165) is 32.1 Å². The summed E-state index contributed by atoms with van der Waals surface area (Å²) in [6, 6.07) is 3.57. The summed E-state index contributed by atoms with van der Waals surface area (Å²) in [5, 5.41) is 14.7. The number of nitrogens with zero attached hydrogens (tertiary/aromatic N) is 5. The zero-order valence-corrected chi connectivity index (χ0v) is 20.4. The molecule has 11 heteroatoms. The Labute approximate surface area is 204 Å². The zero-order chi connectivity index (χ0) is 23.5. The molecule has 2 N–H and O–H groups in total. The molecular formula is C23H26BrN7O3. The molecule has 7 rings (SSSR count). The van der Waals surface area contributed by atoms with E-state index in [4.69, 9.17) is 4.42 Å². The molecule has 0 saturated heterocycles. The molecule has 4 saturated carbocycles. The average molecular weight is 528 g/mol. The molecule has 4 aliphatic carbocycles.